The van der Waals surface area contributed by atoms with Crippen LogP contribution in [0.3, 0.4) is 0 Å². The Balaban J connectivity index is 2.35. The summed E-state index contributed by atoms with van der Waals surface area (Å²) >= 11 is 0. The van der Waals surface area contributed by atoms with Gasteiger partial charge in [0.1, 0.15) is 5.65 Å². The second-order valence-electron chi connectivity index (χ2n) is 8.07. The van der Waals surface area contributed by atoms with Crippen LogP contribution in [-0.2, 0) is 13.6 Å². The molecule has 0 amide bonds. The van der Waals surface area contributed by atoms with E-state index in [-0.39, 0.29) is 5.56 Å². The maximum absolute atomic E-state index is 13.7. The van der Waals surface area contributed by atoms with Crippen LogP contribution in [0.25, 0.3) is 22.2 Å². The van der Waals surface area contributed by atoms with Crippen LogP contribution in [0.5, 0.6) is 0 Å². The van der Waals surface area contributed by atoms with E-state index < -0.39 is 0 Å². The van der Waals surface area contributed by atoms with Gasteiger partial charge in [-0.2, -0.15) is 4.98 Å². The largest absolute Gasteiger partial charge is 0.342 e. The molecular formula is C24H34N4O. The highest BCUT2D eigenvalue weighted by Crippen LogP contribution is 2.33. The molecule has 2 heterocycles. The third-order valence-electron chi connectivity index (χ3n) is 5.59. The molecule has 3 rings (SSSR count). The van der Waals surface area contributed by atoms with Gasteiger partial charge in [0.05, 0.1) is 5.39 Å². The summed E-state index contributed by atoms with van der Waals surface area (Å²) in [6.45, 7) is 15.1. The molecule has 0 radical (unpaired) electrons. The Bertz CT molecular complexity index is 1060. The molecule has 0 aliphatic rings. The molecule has 0 aliphatic heterocycles. The number of anilines is 1. The molecule has 0 saturated carbocycles. The zero-order valence-corrected chi connectivity index (χ0v) is 19.0. The molecule has 0 atom stereocenters. The predicted molar refractivity (Wildman–Crippen MR) is 123 cm³/mol. The van der Waals surface area contributed by atoms with Gasteiger partial charge in [0.2, 0.25) is 5.95 Å². The van der Waals surface area contributed by atoms with Crippen molar-refractivity contribution in [2.45, 2.75) is 60.9 Å². The van der Waals surface area contributed by atoms with Crippen LogP contribution >= 0.6 is 0 Å². The van der Waals surface area contributed by atoms with Gasteiger partial charge in [-0.25, -0.2) is 0 Å². The number of aryl methyl sites for hydroxylation is 4. The van der Waals surface area contributed by atoms with Gasteiger partial charge in [-0.15, -0.1) is 0 Å². The normalized spacial score (nSPS) is 11.4. The van der Waals surface area contributed by atoms with Crippen molar-refractivity contribution < 1.29 is 0 Å². The quantitative estimate of drug-likeness (QED) is 0.568. The molecule has 2 aromatic heterocycles. The zero-order valence-electron chi connectivity index (χ0n) is 19.0. The zero-order chi connectivity index (χ0) is 21.3. The molecule has 0 fully saturated rings. The van der Waals surface area contributed by atoms with Crippen LogP contribution in [0.2, 0.25) is 0 Å². The van der Waals surface area contributed by atoms with Gasteiger partial charge in [0.15, 0.2) is 0 Å². The van der Waals surface area contributed by atoms with E-state index in [1.54, 1.807) is 0 Å². The number of rotatable bonds is 7. The molecule has 0 N–H and O–H groups in total. The maximum Gasteiger partial charge on any atom is 0.265 e. The number of benzene rings is 1. The van der Waals surface area contributed by atoms with E-state index in [4.69, 9.17) is 4.98 Å². The lowest BCUT2D eigenvalue weighted by Gasteiger charge is -2.25. The molecule has 3 aromatic rings. The van der Waals surface area contributed by atoms with E-state index >= 15 is 0 Å². The van der Waals surface area contributed by atoms with Crippen molar-refractivity contribution in [3.05, 3.63) is 45.4 Å². The van der Waals surface area contributed by atoms with Crippen LogP contribution in [0, 0.1) is 20.8 Å². The smallest absolute Gasteiger partial charge is 0.265 e. The van der Waals surface area contributed by atoms with Gasteiger partial charge in [-0.05, 0) is 57.2 Å². The number of fused-ring (bicyclic) bond motifs is 1. The Hall–Kier alpha value is -2.56. The van der Waals surface area contributed by atoms with Crippen molar-refractivity contribution >= 4 is 17.0 Å². The van der Waals surface area contributed by atoms with Crippen LogP contribution < -0.4 is 10.5 Å². The first-order valence-electron chi connectivity index (χ1n) is 10.8. The van der Waals surface area contributed by atoms with Crippen LogP contribution in [0.1, 0.15) is 50.3 Å². The molecule has 156 valence electrons. The lowest BCUT2D eigenvalue weighted by molar-refractivity contribution is 0.646. The molecule has 0 aliphatic carbocycles. The second kappa shape index (κ2) is 8.44. The van der Waals surface area contributed by atoms with E-state index in [2.05, 4.69) is 57.8 Å². The maximum atomic E-state index is 13.7. The van der Waals surface area contributed by atoms with Gasteiger partial charge in [0.25, 0.3) is 5.56 Å². The number of aromatic nitrogens is 3. The molecule has 5 heteroatoms. The van der Waals surface area contributed by atoms with Crippen molar-refractivity contribution in [3.8, 4) is 11.1 Å². The average Bonchev–Trinajstić information content (AvgIpc) is 2.97. The number of nitrogens with zero attached hydrogens (tertiary/aromatic N) is 4. The van der Waals surface area contributed by atoms with Gasteiger partial charge in [-0.1, -0.05) is 31.5 Å². The summed E-state index contributed by atoms with van der Waals surface area (Å²) in [5, 5.41) is 0.723. The minimum atomic E-state index is 0.0553. The van der Waals surface area contributed by atoms with Crippen LogP contribution in [0.15, 0.2) is 23.1 Å². The summed E-state index contributed by atoms with van der Waals surface area (Å²) in [6.07, 6.45) is 4.12. The molecule has 0 spiro atoms. The second-order valence-corrected chi connectivity index (χ2v) is 8.07. The number of hydrogen-bond donors (Lipinski definition) is 0. The fourth-order valence-electron chi connectivity index (χ4n) is 4.52. The average molecular weight is 395 g/mol. The third-order valence-corrected chi connectivity index (χ3v) is 5.59. The summed E-state index contributed by atoms with van der Waals surface area (Å²) in [4.78, 5) is 20.9. The van der Waals surface area contributed by atoms with Gasteiger partial charge >= 0.3 is 0 Å². The van der Waals surface area contributed by atoms with Crippen LogP contribution in [0.4, 0.5) is 5.95 Å². The summed E-state index contributed by atoms with van der Waals surface area (Å²) < 4.78 is 3.85. The fourth-order valence-corrected chi connectivity index (χ4v) is 4.52. The first-order chi connectivity index (χ1) is 13.8. The van der Waals surface area contributed by atoms with E-state index in [9.17, 15) is 4.79 Å². The predicted octanol–water partition coefficient (Wildman–Crippen LogP) is 4.97. The van der Waals surface area contributed by atoms with Crippen molar-refractivity contribution in [1.29, 1.82) is 0 Å². The number of hydrogen-bond acceptors (Lipinski definition) is 3. The Morgan fingerprint density at radius 1 is 1.00 bits per heavy atom. The topological polar surface area (TPSA) is 43.1 Å². The molecular weight excluding hydrogens is 360 g/mol. The lowest BCUT2D eigenvalue weighted by Crippen LogP contribution is -2.34. The molecule has 1 aromatic carbocycles. The summed E-state index contributed by atoms with van der Waals surface area (Å²) in [5.41, 5.74) is 6.59. The van der Waals surface area contributed by atoms with Crippen LogP contribution in [-0.4, -0.2) is 27.2 Å². The van der Waals surface area contributed by atoms with E-state index in [1.807, 2.05) is 23.1 Å². The summed E-state index contributed by atoms with van der Waals surface area (Å²) in [6, 6.07) is 4.37. The molecule has 0 bridgehead atoms. The van der Waals surface area contributed by atoms with Crippen molar-refractivity contribution in [2.24, 2.45) is 7.05 Å². The molecule has 29 heavy (non-hydrogen) atoms. The van der Waals surface area contributed by atoms with E-state index in [0.717, 1.165) is 54.0 Å². The minimum Gasteiger partial charge on any atom is -0.342 e. The molecule has 5 nitrogen and oxygen atoms in total. The van der Waals surface area contributed by atoms with E-state index in [0.29, 0.717) is 6.54 Å². The Labute approximate surface area is 174 Å². The first kappa shape index (κ1) is 21.2. The van der Waals surface area contributed by atoms with Gasteiger partial charge in [-0.3, -0.25) is 9.36 Å². The van der Waals surface area contributed by atoms with Crippen molar-refractivity contribution in [1.82, 2.24) is 14.1 Å². The van der Waals surface area contributed by atoms with Gasteiger partial charge < -0.3 is 9.47 Å². The standard InChI is InChI=1S/C24H34N4O/c1-8-11-27(12-9-2)24-25-22-21(23(29)28(24)10-3)19(15-26(22)7)20-17(5)13-16(4)14-18(20)6/h13-15H,8-12H2,1-7H3. The third kappa shape index (κ3) is 3.70. The highest BCUT2D eigenvalue weighted by molar-refractivity contribution is 5.95. The van der Waals surface area contributed by atoms with E-state index in [1.165, 1.54) is 16.7 Å². The first-order valence-corrected chi connectivity index (χ1v) is 10.8. The molecule has 0 saturated heterocycles. The van der Waals surface area contributed by atoms with Crippen molar-refractivity contribution in [3.63, 3.8) is 0 Å². The SMILES string of the molecule is CCCN(CCC)c1nc2c(c(-c3c(C)cc(C)cc3C)cn2C)c(=O)n1CC. The van der Waals surface area contributed by atoms with Gasteiger partial charge in [0, 0.05) is 38.4 Å². The monoisotopic (exact) mass is 394 g/mol. The summed E-state index contributed by atoms with van der Waals surface area (Å²) in [7, 11) is 1.99. The lowest BCUT2D eigenvalue weighted by atomic mass is 9.94. The Morgan fingerprint density at radius 2 is 1.59 bits per heavy atom. The Kier molecular flexibility index (Phi) is 6.15. The molecule has 0 unspecified atom stereocenters. The summed E-state index contributed by atoms with van der Waals surface area (Å²) in [5.74, 6) is 0.791. The Morgan fingerprint density at radius 3 is 2.10 bits per heavy atom. The fraction of sp³-hybridized carbons (Fsp3) is 0.500. The highest BCUT2D eigenvalue weighted by Gasteiger charge is 2.22. The van der Waals surface area contributed by atoms with Crippen molar-refractivity contribution in [2.75, 3.05) is 18.0 Å². The minimum absolute atomic E-state index is 0.0553. The highest BCUT2D eigenvalue weighted by atomic mass is 16.1.